The maximum atomic E-state index is 11.6. The van der Waals surface area contributed by atoms with E-state index in [2.05, 4.69) is 31.4 Å². The number of carbonyl (C=O) groups is 1. The normalized spacial score (nSPS) is 12.9. The summed E-state index contributed by atoms with van der Waals surface area (Å²) in [6, 6.07) is 5.97. The summed E-state index contributed by atoms with van der Waals surface area (Å²) in [5.41, 5.74) is 2.65. The molecule has 4 heteroatoms. The van der Waals surface area contributed by atoms with Gasteiger partial charge in [0, 0.05) is 31.5 Å². The lowest BCUT2D eigenvalue weighted by atomic mass is 9.99. The molecule has 0 bridgehead atoms. The standard InChI is InChI=1S/C16H26N2O2/c1-11-9-13(15(19)17-5)7-8-14(11)18-12(2)10-16(3,4)20-6/h7-9,12,18H,10H2,1-6H3,(H,17,19). The van der Waals surface area contributed by atoms with Gasteiger partial charge in [-0.25, -0.2) is 0 Å². The average Bonchev–Trinajstić information content (AvgIpc) is 2.39. The van der Waals surface area contributed by atoms with E-state index in [4.69, 9.17) is 4.74 Å². The topological polar surface area (TPSA) is 50.4 Å². The molecule has 1 amide bonds. The van der Waals surface area contributed by atoms with E-state index in [0.717, 1.165) is 17.7 Å². The average molecular weight is 278 g/mol. The molecule has 0 aromatic heterocycles. The van der Waals surface area contributed by atoms with Crippen molar-refractivity contribution >= 4 is 11.6 Å². The Morgan fingerprint density at radius 2 is 2.05 bits per heavy atom. The van der Waals surface area contributed by atoms with E-state index >= 15 is 0 Å². The Bertz CT molecular complexity index is 470. The van der Waals surface area contributed by atoms with Crippen molar-refractivity contribution in [3.8, 4) is 0 Å². The molecule has 1 atom stereocenters. The molecule has 0 radical (unpaired) electrons. The molecule has 0 spiro atoms. The molecule has 0 saturated heterocycles. The van der Waals surface area contributed by atoms with Crippen LogP contribution in [0.15, 0.2) is 18.2 Å². The first-order chi connectivity index (χ1) is 9.29. The quantitative estimate of drug-likeness (QED) is 0.841. The number of hydrogen-bond donors (Lipinski definition) is 2. The number of carbonyl (C=O) groups excluding carboxylic acids is 1. The molecule has 1 unspecified atom stereocenters. The van der Waals surface area contributed by atoms with Crippen LogP contribution in [0, 0.1) is 6.92 Å². The van der Waals surface area contributed by atoms with Gasteiger partial charge in [0.1, 0.15) is 0 Å². The van der Waals surface area contributed by atoms with E-state index in [-0.39, 0.29) is 17.6 Å². The van der Waals surface area contributed by atoms with Gasteiger partial charge in [0.25, 0.3) is 5.91 Å². The Balaban J connectivity index is 2.76. The third kappa shape index (κ3) is 4.53. The van der Waals surface area contributed by atoms with Gasteiger partial charge >= 0.3 is 0 Å². The first kappa shape index (κ1) is 16.5. The predicted molar refractivity (Wildman–Crippen MR) is 83.4 cm³/mol. The summed E-state index contributed by atoms with van der Waals surface area (Å²) in [4.78, 5) is 11.6. The number of methoxy groups -OCH3 is 1. The van der Waals surface area contributed by atoms with E-state index in [1.54, 1.807) is 14.2 Å². The van der Waals surface area contributed by atoms with Crippen LogP contribution in [0.25, 0.3) is 0 Å². The molecular formula is C16H26N2O2. The van der Waals surface area contributed by atoms with Crippen LogP contribution < -0.4 is 10.6 Å². The summed E-state index contributed by atoms with van der Waals surface area (Å²) in [6.45, 7) is 8.29. The fourth-order valence-electron chi connectivity index (χ4n) is 2.25. The molecule has 2 N–H and O–H groups in total. The van der Waals surface area contributed by atoms with Crippen molar-refractivity contribution in [1.82, 2.24) is 5.32 Å². The van der Waals surface area contributed by atoms with Crippen LogP contribution in [-0.2, 0) is 4.74 Å². The van der Waals surface area contributed by atoms with Crippen LogP contribution in [0.3, 0.4) is 0 Å². The van der Waals surface area contributed by atoms with Crippen molar-refractivity contribution in [3.05, 3.63) is 29.3 Å². The molecule has 0 saturated carbocycles. The van der Waals surface area contributed by atoms with Gasteiger partial charge in [-0.05, 0) is 57.9 Å². The van der Waals surface area contributed by atoms with E-state index in [1.165, 1.54) is 0 Å². The molecule has 1 aromatic rings. The van der Waals surface area contributed by atoms with Crippen molar-refractivity contribution in [2.24, 2.45) is 0 Å². The summed E-state index contributed by atoms with van der Waals surface area (Å²) in [7, 11) is 3.37. The number of benzene rings is 1. The summed E-state index contributed by atoms with van der Waals surface area (Å²) >= 11 is 0. The fourth-order valence-corrected chi connectivity index (χ4v) is 2.25. The summed E-state index contributed by atoms with van der Waals surface area (Å²) in [6.07, 6.45) is 0.903. The van der Waals surface area contributed by atoms with Crippen LogP contribution in [-0.4, -0.2) is 31.7 Å². The van der Waals surface area contributed by atoms with Gasteiger partial charge < -0.3 is 15.4 Å². The highest BCUT2D eigenvalue weighted by molar-refractivity contribution is 5.94. The number of nitrogens with one attached hydrogen (secondary N) is 2. The minimum absolute atomic E-state index is 0.0618. The molecular weight excluding hydrogens is 252 g/mol. The van der Waals surface area contributed by atoms with Gasteiger partial charge in [0.05, 0.1) is 5.60 Å². The molecule has 1 rings (SSSR count). The van der Waals surface area contributed by atoms with E-state index in [0.29, 0.717) is 5.56 Å². The summed E-state index contributed by atoms with van der Waals surface area (Å²) < 4.78 is 5.45. The largest absolute Gasteiger partial charge is 0.382 e. The van der Waals surface area contributed by atoms with Crippen molar-refractivity contribution in [1.29, 1.82) is 0 Å². The van der Waals surface area contributed by atoms with Crippen LogP contribution in [0.2, 0.25) is 0 Å². The molecule has 0 fully saturated rings. The third-order valence-electron chi connectivity index (χ3n) is 3.47. The molecule has 20 heavy (non-hydrogen) atoms. The number of ether oxygens (including phenoxy) is 1. The maximum Gasteiger partial charge on any atom is 0.251 e. The molecule has 0 heterocycles. The molecule has 0 aliphatic rings. The van der Waals surface area contributed by atoms with Crippen LogP contribution >= 0.6 is 0 Å². The number of anilines is 1. The number of aryl methyl sites for hydroxylation is 1. The first-order valence-electron chi connectivity index (χ1n) is 6.93. The maximum absolute atomic E-state index is 11.6. The lowest BCUT2D eigenvalue weighted by molar-refractivity contribution is 0.0128. The fraction of sp³-hybridized carbons (Fsp3) is 0.562. The molecule has 112 valence electrons. The monoisotopic (exact) mass is 278 g/mol. The second kappa shape index (κ2) is 6.75. The molecule has 0 aliphatic heterocycles. The highest BCUT2D eigenvalue weighted by Gasteiger charge is 2.20. The zero-order valence-electron chi connectivity index (χ0n) is 13.3. The minimum Gasteiger partial charge on any atom is -0.382 e. The van der Waals surface area contributed by atoms with Gasteiger partial charge in [0.15, 0.2) is 0 Å². The SMILES string of the molecule is CNC(=O)c1ccc(NC(C)CC(C)(C)OC)c(C)c1. The molecule has 1 aromatic carbocycles. The molecule has 0 aliphatic carbocycles. The Labute approximate surface area is 121 Å². The third-order valence-corrected chi connectivity index (χ3v) is 3.47. The van der Waals surface area contributed by atoms with Crippen LogP contribution in [0.4, 0.5) is 5.69 Å². The zero-order valence-corrected chi connectivity index (χ0v) is 13.3. The van der Waals surface area contributed by atoms with Crippen molar-refractivity contribution < 1.29 is 9.53 Å². The van der Waals surface area contributed by atoms with E-state index < -0.39 is 0 Å². The summed E-state index contributed by atoms with van der Waals surface area (Å²) in [5, 5.41) is 6.10. The number of rotatable bonds is 6. The van der Waals surface area contributed by atoms with Gasteiger partial charge in [0.2, 0.25) is 0 Å². The predicted octanol–water partition coefficient (Wildman–Crippen LogP) is 2.97. The van der Waals surface area contributed by atoms with E-state index in [9.17, 15) is 4.79 Å². The van der Waals surface area contributed by atoms with Crippen LogP contribution in [0.1, 0.15) is 43.1 Å². The second-order valence-corrected chi connectivity index (χ2v) is 5.82. The Kier molecular flexibility index (Phi) is 5.57. The zero-order chi connectivity index (χ0) is 15.3. The van der Waals surface area contributed by atoms with Crippen molar-refractivity contribution in [2.75, 3.05) is 19.5 Å². The van der Waals surface area contributed by atoms with E-state index in [1.807, 2.05) is 25.1 Å². The Morgan fingerprint density at radius 1 is 1.40 bits per heavy atom. The minimum atomic E-state index is -0.150. The lowest BCUT2D eigenvalue weighted by Gasteiger charge is -2.28. The number of hydrogen-bond acceptors (Lipinski definition) is 3. The van der Waals surface area contributed by atoms with Gasteiger partial charge in [-0.2, -0.15) is 0 Å². The van der Waals surface area contributed by atoms with Crippen molar-refractivity contribution in [3.63, 3.8) is 0 Å². The lowest BCUT2D eigenvalue weighted by Crippen LogP contribution is -2.31. The van der Waals surface area contributed by atoms with Crippen LogP contribution in [0.5, 0.6) is 0 Å². The highest BCUT2D eigenvalue weighted by atomic mass is 16.5. The smallest absolute Gasteiger partial charge is 0.251 e. The summed E-state index contributed by atoms with van der Waals surface area (Å²) in [5.74, 6) is -0.0618. The Hall–Kier alpha value is -1.55. The first-order valence-corrected chi connectivity index (χ1v) is 6.93. The number of amides is 1. The van der Waals surface area contributed by atoms with Gasteiger partial charge in [-0.1, -0.05) is 0 Å². The molecule has 4 nitrogen and oxygen atoms in total. The van der Waals surface area contributed by atoms with Gasteiger partial charge in [-0.15, -0.1) is 0 Å². The highest BCUT2D eigenvalue weighted by Crippen LogP contribution is 2.21. The Morgan fingerprint density at radius 3 is 2.55 bits per heavy atom. The van der Waals surface area contributed by atoms with Crippen molar-refractivity contribution in [2.45, 2.75) is 45.8 Å². The second-order valence-electron chi connectivity index (χ2n) is 5.82. The van der Waals surface area contributed by atoms with Gasteiger partial charge in [-0.3, -0.25) is 4.79 Å².